The van der Waals surface area contributed by atoms with Gasteiger partial charge < -0.3 is 14.5 Å². The summed E-state index contributed by atoms with van der Waals surface area (Å²) in [5.41, 5.74) is 1.08. The lowest BCUT2D eigenvalue weighted by atomic mass is 10.1. The summed E-state index contributed by atoms with van der Waals surface area (Å²) in [5, 5.41) is 0.608. The molecule has 1 aromatic carbocycles. The van der Waals surface area contributed by atoms with Crippen molar-refractivity contribution in [1.82, 2.24) is 9.27 Å². The number of anilines is 1. The van der Waals surface area contributed by atoms with Crippen LogP contribution in [0.2, 0.25) is 0 Å². The predicted octanol–water partition coefficient (Wildman–Crippen LogP) is 3.80. The van der Waals surface area contributed by atoms with Gasteiger partial charge in [-0.25, -0.2) is 9.18 Å². The smallest absolute Gasteiger partial charge is 0.410 e. The van der Waals surface area contributed by atoms with Gasteiger partial charge in [-0.2, -0.15) is 4.37 Å². The molecule has 1 aliphatic heterocycles. The lowest BCUT2D eigenvalue weighted by molar-refractivity contribution is 0.0240. The minimum atomic E-state index is -0.494. The average molecular weight is 351 g/mol. The Bertz CT molecular complexity index is 761. The lowest BCUT2D eigenvalue weighted by Crippen LogP contribution is -2.50. The third kappa shape index (κ3) is 3.45. The molecule has 2 aromatic rings. The van der Waals surface area contributed by atoms with Crippen LogP contribution < -0.4 is 4.90 Å². The van der Waals surface area contributed by atoms with E-state index >= 15 is 0 Å². The van der Waals surface area contributed by atoms with Gasteiger partial charge in [0.1, 0.15) is 11.4 Å². The summed E-state index contributed by atoms with van der Waals surface area (Å²) in [6.45, 7) is 9.83. The van der Waals surface area contributed by atoms with Gasteiger partial charge in [0, 0.05) is 31.9 Å². The van der Waals surface area contributed by atoms with E-state index in [2.05, 4.69) is 9.27 Å². The number of rotatable bonds is 1. The zero-order valence-electron chi connectivity index (χ0n) is 14.4. The number of ether oxygens (including phenoxy) is 1. The fourth-order valence-corrected chi connectivity index (χ4v) is 3.65. The molecule has 1 fully saturated rings. The van der Waals surface area contributed by atoms with Gasteiger partial charge in [0.2, 0.25) is 0 Å². The van der Waals surface area contributed by atoms with E-state index in [1.54, 1.807) is 11.0 Å². The van der Waals surface area contributed by atoms with Gasteiger partial charge in [-0.1, -0.05) is 0 Å². The Hall–Kier alpha value is -1.89. The van der Waals surface area contributed by atoms with Crippen LogP contribution in [0.4, 0.5) is 14.9 Å². The van der Waals surface area contributed by atoms with E-state index in [0.29, 0.717) is 31.6 Å². The van der Waals surface area contributed by atoms with Gasteiger partial charge in [-0.05, 0) is 51.4 Å². The molecule has 0 N–H and O–H groups in total. The van der Waals surface area contributed by atoms with Crippen LogP contribution in [0.5, 0.6) is 0 Å². The fourth-order valence-electron chi connectivity index (χ4n) is 2.81. The molecule has 3 rings (SSSR count). The second kappa shape index (κ2) is 6.20. The minimum Gasteiger partial charge on any atom is -0.444 e. The summed E-state index contributed by atoms with van der Waals surface area (Å²) in [6.07, 6.45) is -0.290. The fraction of sp³-hybridized carbons (Fsp3) is 0.529. The molecule has 5 nitrogen and oxygen atoms in total. The Kier molecular flexibility index (Phi) is 4.38. The first-order chi connectivity index (χ1) is 11.2. The van der Waals surface area contributed by atoms with Crippen LogP contribution in [0.1, 0.15) is 26.5 Å². The summed E-state index contributed by atoms with van der Waals surface area (Å²) in [6, 6.07) is 3.54. The zero-order chi connectivity index (χ0) is 17.5. The Morgan fingerprint density at radius 3 is 2.54 bits per heavy atom. The number of piperazine rings is 1. The first kappa shape index (κ1) is 17.0. The average Bonchev–Trinajstić information content (AvgIpc) is 2.87. The van der Waals surface area contributed by atoms with Crippen molar-refractivity contribution in [3.63, 3.8) is 0 Å². The number of benzene rings is 1. The molecule has 130 valence electrons. The molecule has 0 spiro atoms. The van der Waals surface area contributed by atoms with Gasteiger partial charge in [0.15, 0.2) is 0 Å². The SMILES string of the molecule is Cc1nsc2cc(N3CCN(C(=O)OC(C)(C)C)CC3)cc(F)c12. The second-order valence-corrected chi connectivity index (χ2v) is 7.83. The monoisotopic (exact) mass is 351 g/mol. The molecule has 0 saturated carbocycles. The first-order valence-electron chi connectivity index (χ1n) is 8.03. The van der Waals surface area contributed by atoms with Crippen molar-refractivity contribution < 1.29 is 13.9 Å². The van der Waals surface area contributed by atoms with Crippen LogP contribution in [0.25, 0.3) is 10.1 Å². The number of aryl methyl sites for hydroxylation is 1. The van der Waals surface area contributed by atoms with E-state index < -0.39 is 5.60 Å². The van der Waals surface area contributed by atoms with E-state index in [1.165, 1.54) is 11.5 Å². The van der Waals surface area contributed by atoms with E-state index in [-0.39, 0.29) is 11.9 Å². The van der Waals surface area contributed by atoms with Gasteiger partial charge in [0.25, 0.3) is 0 Å². The molecule has 0 bridgehead atoms. The highest BCUT2D eigenvalue weighted by Gasteiger charge is 2.26. The van der Waals surface area contributed by atoms with Crippen LogP contribution in [0.3, 0.4) is 0 Å². The molecular formula is C17H22FN3O2S. The van der Waals surface area contributed by atoms with Crippen molar-refractivity contribution in [3.05, 3.63) is 23.6 Å². The van der Waals surface area contributed by atoms with Gasteiger partial charge in [-0.15, -0.1) is 0 Å². The van der Waals surface area contributed by atoms with Crippen molar-refractivity contribution >= 4 is 33.4 Å². The number of carbonyl (C=O) groups is 1. The molecule has 0 unspecified atom stereocenters. The molecule has 1 aromatic heterocycles. The summed E-state index contributed by atoms with van der Waals surface area (Å²) in [4.78, 5) is 15.9. The molecule has 2 heterocycles. The normalized spacial score (nSPS) is 15.9. The van der Waals surface area contributed by atoms with E-state index in [4.69, 9.17) is 4.74 Å². The summed E-state index contributed by atoms with van der Waals surface area (Å²) in [5.74, 6) is -0.233. The third-order valence-corrected chi connectivity index (χ3v) is 4.86. The largest absolute Gasteiger partial charge is 0.444 e. The molecule has 0 atom stereocenters. The Morgan fingerprint density at radius 2 is 1.92 bits per heavy atom. The van der Waals surface area contributed by atoms with Crippen LogP contribution in [0.15, 0.2) is 12.1 Å². The van der Waals surface area contributed by atoms with E-state index in [9.17, 15) is 9.18 Å². The number of carbonyl (C=O) groups excluding carboxylic acids is 1. The number of aromatic nitrogens is 1. The summed E-state index contributed by atoms with van der Waals surface area (Å²) in [7, 11) is 0. The van der Waals surface area contributed by atoms with Crippen LogP contribution in [-0.2, 0) is 4.74 Å². The maximum atomic E-state index is 14.3. The number of hydrogen-bond acceptors (Lipinski definition) is 5. The number of amides is 1. The predicted molar refractivity (Wildman–Crippen MR) is 94.3 cm³/mol. The third-order valence-electron chi connectivity index (χ3n) is 3.98. The molecule has 24 heavy (non-hydrogen) atoms. The highest BCUT2D eigenvalue weighted by Crippen LogP contribution is 2.30. The molecule has 1 aliphatic rings. The van der Waals surface area contributed by atoms with Gasteiger partial charge in [-0.3, -0.25) is 0 Å². The quantitative estimate of drug-likeness (QED) is 0.784. The van der Waals surface area contributed by atoms with Crippen LogP contribution in [-0.4, -0.2) is 47.1 Å². The highest BCUT2D eigenvalue weighted by atomic mass is 32.1. The Balaban J connectivity index is 1.70. The maximum Gasteiger partial charge on any atom is 0.410 e. The number of halogens is 1. The van der Waals surface area contributed by atoms with Crippen molar-refractivity contribution in [2.75, 3.05) is 31.1 Å². The van der Waals surface area contributed by atoms with Gasteiger partial charge in [0.05, 0.1) is 15.8 Å². The lowest BCUT2D eigenvalue weighted by Gasteiger charge is -2.36. The number of nitrogens with zero attached hydrogens (tertiary/aromatic N) is 3. The van der Waals surface area contributed by atoms with Gasteiger partial charge >= 0.3 is 6.09 Å². The Morgan fingerprint density at radius 1 is 1.25 bits per heavy atom. The molecular weight excluding hydrogens is 329 g/mol. The topological polar surface area (TPSA) is 45.7 Å². The molecule has 0 radical (unpaired) electrons. The highest BCUT2D eigenvalue weighted by molar-refractivity contribution is 7.13. The van der Waals surface area contributed by atoms with Crippen molar-refractivity contribution in [3.8, 4) is 0 Å². The number of fused-ring (bicyclic) bond motifs is 1. The van der Waals surface area contributed by atoms with Crippen molar-refractivity contribution in [2.24, 2.45) is 0 Å². The second-order valence-electron chi connectivity index (χ2n) is 7.02. The summed E-state index contributed by atoms with van der Waals surface area (Å²) < 4.78 is 24.8. The van der Waals surface area contributed by atoms with Crippen LogP contribution >= 0.6 is 11.5 Å². The molecule has 0 aliphatic carbocycles. The molecule has 1 saturated heterocycles. The zero-order valence-corrected chi connectivity index (χ0v) is 15.2. The van der Waals surface area contributed by atoms with Crippen molar-refractivity contribution in [2.45, 2.75) is 33.3 Å². The standard InChI is InChI=1S/C17H22FN3O2S/c1-11-15-13(18)9-12(10-14(15)24-19-11)20-5-7-21(8-6-20)16(22)23-17(2,3)4/h9-10H,5-8H2,1-4H3. The molecule has 1 amide bonds. The van der Waals surface area contributed by atoms with E-state index in [0.717, 1.165) is 16.1 Å². The van der Waals surface area contributed by atoms with E-state index in [1.807, 2.05) is 33.8 Å². The van der Waals surface area contributed by atoms with Crippen molar-refractivity contribution in [1.29, 1.82) is 0 Å². The maximum absolute atomic E-state index is 14.3. The molecule has 7 heteroatoms. The summed E-state index contributed by atoms with van der Waals surface area (Å²) >= 11 is 1.32. The first-order valence-corrected chi connectivity index (χ1v) is 8.80. The minimum absolute atomic E-state index is 0.233. The Labute approximate surface area is 145 Å². The number of hydrogen-bond donors (Lipinski definition) is 0. The van der Waals surface area contributed by atoms with Crippen LogP contribution in [0, 0.1) is 12.7 Å².